The van der Waals surface area contributed by atoms with Crippen LogP contribution in [0.15, 0.2) is 30.3 Å². The Morgan fingerprint density at radius 2 is 1.76 bits per heavy atom. The van der Waals surface area contributed by atoms with E-state index in [1.165, 1.54) is 7.11 Å². The van der Waals surface area contributed by atoms with E-state index in [-0.39, 0.29) is 5.56 Å². The predicted octanol–water partition coefficient (Wildman–Crippen LogP) is 4.12. The molecular formula is C16H16ClNO3. The van der Waals surface area contributed by atoms with E-state index in [1.807, 2.05) is 19.9 Å². The quantitative estimate of drug-likeness (QED) is 0.684. The van der Waals surface area contributed by atoms with Crippen molar-refractivity contribution in [2.75, 3.05) is 12.8 Å². The maximum atomic E-state index is 11.7. The second-order valence-corrected chi connectivity index (χ2v) is 5.11. The molecule has 0 spiro atoms. The lowest BCUT2D eigenvalue weighted by atomic mass is 10.1. The molecule has 0 radical (unpaired) electrons. The molecule has 0 aromatic heterocycles. The first-order chi connectivity index (χ1) is 9.92. The third-order valence-corrected chi connectivity index (χ3v) is 3.55. The Kier molecular flexibility index (Phi) is 4.38. The first-order valence-corrected chi connectivity index (χ1v) is 6.72. The number of carbonyl (C=O) groups is 1. The zero-order valence-electron chi connectivity index (χ0n) is 12.1. The van der Waals surface area contributed by atoms with Crippen molar-refractivity contribution in [1.29, 1.82) is 0 Å². The number of benzene rings is 2. The fourth-order valence-electron chi connectivity index (χ4n) is 1.92. The molecule has 0 aliphatic heterocycles. The van der Waals surface area contributed by atoms with Gasteiger partial charge in [0, 0.05) is 10.7 Å². The van der Waals surface area contributed by atoms with Crippen molar-refractivity contribution in [2.24, 2.45) is 0 Å². The molecule has 0 saturated heterocycles. The van der Waals surface area contributed by atoms with Crippen LogP contribution in [0.2, 0.25) is 5.02 Å². The van der Waals surface area contributed by atoms with E-state index >= 15 is 0 Å². The third kappa shape index (κ3) is 3.28. The lowest BCUT2D eigenvalue weighted by molar-refractivity contribution is 0.0601. The fourth-order valence-corrected chi connectivity index (χ4v) is 2.04. The molecule has 110 valence electrons. The van der Waals surface area contributed by atoms with E-state index < -0.39 is 5.97 Å². The lowest BCUT2D eigenvalue weighted by Crippen LogP contribution is -2.07. The van der Waals surface area contributed by atoms with E-state index in [1.54, 1.807) is 24.3 Å². The molecule has 2 aromatic rings. The van der Waals surface area contributed by atoms with Gasteiger partial charge >= 0.3 is 5.97 Å². The van der Waals surface area contributed by atoms with Gasteiger partial charge in [0.05, 0.1) is 12.7 Å². The molecule has 0 fully saturated rings. The molecule has 2 N–H and O–H groups in total. The minimum absolute atomic E-state index is 0.290. The number of esters is 1. The molecule has 0 aliphatic carbocycles. The van der Waals surface area contributed by atoms with Gasteiger partial charge in [-0.25, -0.2) is 4.79 Å². The van der Waals surface area contributed by atoms with Crippen LogP contribution in [-0.2, 0) is 4.74 Å². The van der Waals surface area contributed by atoms with Gasteiger partial charge in [-0.1, -0.05) is 11.6 Å². The SMILES string of the molecule is COC(=O)c1cc(Oc2ccc(Cl)c(C)c2)cc(C)c1N. The van der Waals surface area contributed by atoms with Crippen molar-refractivity contribution >= 4 is 23.3 Å². The van der Waals surface area contributed by atoms with Crippen LogP contribution in [0, 0.1) is 13.8 Å². The summed E-state index contributed by atoms with van der Waals surface area (Å²) in [7, 11) is 1.31. The normalized spacial score (nSPS) is 10.3. The predicted molar refractivity (Wildman–Crippen MR) is 83.2 cm³/mol. The van der Waals surface area contributed by atoms with Gasteiger partial charge in [-0.3, -0.25) is 0 Å². The molecule has 2 rings (SSSR count). The zero-order valence-corrected chi connectivity index (χ0v) is 12.8. The highest BCUT2D eigenvalue weighted by Gasteiger charge is 2.14. The van der Waals surface area contributed by atoms with Crippen LogP contribution in [0.4, 0.5) is 5.69 Å². The standard InChI is InChI=1S/C16H16ClNO3/c1-9-6-11(4-5-14(9)17)21-12-7-10(2)15(18)13(8-12)16(19)20-3/h4-8H,18H2,1-3H3. The molecule has 0 saturated carbocycles. The van der Waals surface area contributed by atoms with E-state index in [4.69, 9.17) is 26.8 Å². The van der Waals surface area contributed by atoms with Gasteiger partial charge in [0.2, 0.25) is 0 Å². The Labute approximate surface area is 128 Å². The van der Waals surface area contributed by atoms with E-state index in [2.05, 4.69) is 0 Å². The van der Waals surface area contributed by atoms with Crippen molar-refractivity contribution in [3.05, 3.63) is 52.0 Å². The summed E-state index contributed by atoms with van der Waals surface area (Å²) in [5, 5.41) is 0.672. The number of hydrogen-bond donors (Lipinski definition) is 1. The Bertz CT molecular complexity index is 698. The van der Waals surface area contributed by atoms with Gasteiger partial charge in [0.15, 0.2) is 0 Å². The summed E-state index contributed by atoms with van der Waals surface area (Å²) in [5.74, 6) is 0.661. The highest BCUT2D eigenvalue weighted by Crippen LogP contribution is 2.30. The Hall–Kier alpha value is -2.20. The smallest absolute Gasteiger partial charge is 0.340 e. The minimum atomic E-state index is -0.492. The van der Waals surface area contributed by atoms with Crippen LogP contribution in [0.25, 0.3) is 0 Å². The number of hydrogen-bond acceptors (Lipinski definition) is 4. The highest BCUT2D eigenvalue weighted by atomic mass is 35.5. The third-order valence-electron chi connectivity index (χ3n) is 3.13. The Morgan fingerprint density at radius 1 is 1.10 bits per heavy atom. The van der Waals surface area contributed by atoms with Crippen molar-refractivity contribution in [1.82, 2.24) is 0 Å². The summed E-state index contributed by atoms with van der Waals surface area (Å²) in [6.45, 7) is 3.70. The Balaban J connectivity index is 2.38. The summed E-state index contributed by atoms with van der Waals surface area (Å²) in [5.41, 5.74) is 8.23. The van der Waals surface area contributed by atoms with Gasteiger partial charge in [0.25, 0.3) is 0 Å². The van der Waals surface area contributed by atoms with Gasteiger partial charge < -0.3 is 15.2 Å². The first-order valence-electron chi connectivity index (χ1n) is 6.35. The monoisotopic (exact) mass is 305 g/mol. The molecule has 21 heavy (non-hydrogen) atoms. The molecule has 0 amide bonds. The van der Waals surface area contributed by atoms with Crippen LogP contribution in [0.3, 0.4) is 0 Å². The summed E-state index contributed by atoms with van der Waals surface area (Å²) in [4.78, 5) is 11.7. The molecule has 0 atom stereocenters. The Morgan fingerprint density at radius 3 is 2.38 bits per heavy atom. The zero-order chi connectivity index (χ0) is 15.6. The van der Waals surface area contributed by atoms with Crippen molar-refractivity contribution in [3.8, 4) is 11.5 Å². The van der Waals surface area contributed by atoms with Crippen molar-refractivity contribution in [3.63, 3.8) is 0 Å². The van der Waals surface area contributed by atoms with Crippen LogP contribution in [0.1, 0.15) is 21.5 Å². The van der Waals surface area contributed by atoms with E-state index in [0.717, 1.165) is 11.1 Å². The topological polar surface area (TPSA) is 61.5 Å². The molecular weight excluding hydrogens is 290 g/mol. The largest absolute Gasteiger partial charge is 0.465 e. The number of rotatable bonds is 3. The maximum Gasteiger partial charge on any atom is 0.340 e. The average molecular weight is 306 g/mol. The number of nitrogens with two attached hydrogens (primary N) is 1. The van der Waals surface area contributed by atoms with Crippen LogP contribution in [0.5, 0.6) is 11.5 Å². The van der Waals surface area contributed by atoms with Crippen LogP contribution >= 0.6 is 11.6 Å². The number of anilines is 1. The first kappa shape index (κ1) is 15.2. The van der Waals surface area contributed by atoms with E-state index in [0.29, 0.717) is 22.2 Å². The minimum Gasteiger partial charge on any atom is -0.465 e. The summed E-state index contributed by atoms with van der Waals surface area (Å²) >= 11 is 5.98. The molecule has 4 nitrogen and oxygen atoms in total. The second-order valence-electron chi connectivity index (χ2n) is 4.71. The number of aryl methyl sites for hydroxylation is 2. The average Bonchev–Trinajstić information content (AvgIpc) is 2.45. The molecule has 0 heterocycles. The number of nitrogen functional groups attached to an aromatic ring is 1. The van der Waals surface area contributed by atoms with Gasteiger partial charge in [-0.2, -0.15) is 0 Å². The summed E-state index contributed by atoms with van der Waals surface area (Å²) in [6, 6.07) is 8.69. The van der Waals surface area contributed by atoms with Crippen LogP contribution < -0.4 is 10.5 Å². The van der Waals surface area contributed by atoms with E-state index in [9.17, 15) is 4.79 Å². The molecule has 5 heteroatoms. The second kappa shape index (κ2) is 6.06. The van der Waals surface area contributed by atoms with Gasteiger partial charge in [0.1, 0.15) is 11.5 Å². The molecule has 2 aromatic carbocycles. The van der Waals surface area contributed by atoms with Gasteiger partial charge in [-0.05, 0) is 55.3 Å². The summed E-state index contributed by atoms with van der Waals surface area (Å²) in [6.07, 6.45) is 0. The van der Waals surface area contributed by atoms with Crippen molar-refractivity contribution in [2.45, 2.75) is 13.8 Å². The summed E-state index contributed by atoms with van der Waals surface area (Å²) < 4.78 is 10.5. The molecule has 0 bridgehead atoms. The fraction of sp³-hybridized carbons (Fsp3) is 0.188. The highest BCUT2D eigenvalue weighted by molar-refractivity contribution is 6.31. The maximum absolute atomic E-state index is 11.7. The van der Waals surface area contributed by atoms with Crippen molar-refractivity contribution < 1.29 is 14.3 Å². The molecule has 0 unspecified atom stereocenters. The number of halogens is 1. The molecule has 0 aliphatic rings. The number of ether oxygens (including phenoxy) is 2. The lowest BCUT2D eigenvalue weighted by Gasteiger charge is -2.12. The van der Waals surface area contributed by atoms with Gasteiger partial charge in [-0.15, -0.1) is 0 Å². The number of methoxy groups -OCH3 is 1. The number of carbonyl (C=O) groups excluding carboxylic acids is 1. The van der Waals surface area contributed by atoms with Crippen LogP contribution in [-0.4, -0.2) is 13.1 Å².